The summed E-state index contributed by atoms with van der Waals surface area (Å²) in [4.78, 5) is 22.1. The zero-order chi connectivity index (χ0) is 20.0. The van der Waals surface area contributed by atoms with Gasteiger partial charge >= 0.3 is 6.09 Å². The van der Waals surface area contributed by atoms with Gasteiger partial charge in [-0.2, -0.15) is 0 Å². The smallest absolute Gasteiger partial charge is 0.414 e. The van der Waals surface area contributed by atoms with Gasteiger partial charge in [0.1, 0.15) is 23.6 Å². The molecule has 7 nitrogen and oxygen atoms in total. The average Bonchev–Trinajstić information content (AvgIpc) is 3.23. The first-order valence-corrected chi connectivity index (χ1v) is 9.20. The van der Waals surface area contributed by atoms with Crippen molar-refractivity contribution in [3.63, 3.8) is 0 Å². The number of nitrogens with two attached hydrogens (primary N) is 1. The van der Waals surface area contributed by atoms with Crippen LogP contribution in [0.25, 0.3) is 22.2 Å². The number of nitrogens with zero attached hydrogens (tertiary/aromatic N) is 4. The van der Waals surface area contributed by atoms with Crippen molar-refractivity contribution in [1.82, 2.24) is 14.5 Å². The number of hydrogen-bond donors (Lipinski definition) is 1. The van der Waals surface area contributed by atoms with Crippen molar-refractivity contribution in [2.24, 2.45) is 13.0 Å². The molecule has 28 heavy (non-hydrogen) atoms. The Labute approximate surface area is 161 Å². The van der Waals surface area contributed by atoms with Crippen LogP contribution in [0.4, 0.5) is 20.7 Å². The molecule has 0 unspecified atom stereocenters. The van der Waals surface area contributed by atoms with E-state index in [0.29, 0.717) is 58.8 Å². The monoisotopic (exact) mass is 383 g/mol. The van der Waals surface area contributed by atoms with Gasteiger partial charge in [-0.3, -0.25) is 4.90 Å². The maximum atomic E-state index is 15.4. The second-order valence-corrected chi connectivity index (χ2v) is 7.41. The standard InChI is InChI=1S/C20H22FN5O2/c1-11(2)9-28-20(27)26-7-6-13-15(26)5-4-12(17(13)21)14-8-25(3)19-16(14)18(22)23-10-24-19/h4-5,8,10-11H,6-7,9H2,1-3H3,(H2,22,23,24). The van der Waals surface area contributed by atoms with E-state index in [9.17, 15) is 4.79 Å². The number of aryl methyl sites for hydroxylation is 1. The fraction of sp³-hybridized carbons (Fsp3) is 0.350. The Balaban J connectivity index is 1.75. The largest absolute Gasteiger partial charge is 0.449 e. The minimum absolute atomic E-state index is 0.240. The van der Waals surface area contributed by atoms with Gasteiger partial charge in [0.2, 0.25) is 0 Å². The second-order valence-electron chi connectivity index (χ2n) is 7.41. The van der Waals surface area contributed by atoms with E-state index in [4.69, 9.17) is 10.5 Å². The molecule has 0 spiro atoms. The summed E-state index contributed by atoms with van der Waals surface area (Å²) in [6.45, 7) is 4.67. The molecule has 0 atom stereocenters. The molecule has 4 rings (SSSR count). The first-order chi connectivity index (χ1) is 13.4. The molecule has 146 valence electrons. The molecule has 2 aromatic heterocycles. The molecular weight excluding hydrogens is 361 g/mol. The van der Waals surface area contributed by atoms with Crippen LogP contribution in [0.15, 0.2) is 24.7 Å². The van der Waals surface area contributed by atoms with E-state index in [1.807, 2.05) is 20.9 Å². The molecule has 0 bridgehead atoms. The lowest BCUT2D eigenvalue weighted by Crippen LogP contribution is -2.30. The van der Waals surface area contributed by atoms with Crippen LogP contribution in [0.1, 0.15) is 19.4 Å². The van der Waals surface area contributed by atoms with E-state index in [1.54, 1.807) is 22.9 Å². The van der Waals surface area contributed by atoms with Gasteiger partial charge in [0, 0.05) is 36.5 Å². The molecule has 1 aromatic carbocycles. The van der Waals surface area contributed by atoms with Crippen molar-refractivity contribution in [3.8, 4) is 11.1 Å². The average molecular weight is 383 g/mol. The Hall–Kier alpha value is -3.16. The summed E-state index contributed by atoms with van der Waals surface area (Å²) < 4.78 is 22.5. The summed E-state index contributed by atoms with van der Waals surface area (Å²) in [6.07, 6.45) is 3.18. The second kappa shape index (κ2) is 6.78. The first-order valence-electron chi connectivity index (χ1n) is 9.20. The van der Waals surface area contributed by atoms with Crippen LogP contribution in [-0.4, -0.2) is 33.8 Å². The predicted octanol–water partition coefficient (Wildman–Crippen LogP) is 3.51. The van der Waals surface area contributed by atoms with Crippen molar-refractivity contribution in [1.29, 1.82) is 0 Å². The number of hydrogen-bond acceptors (Lipinski definition) is 5. The molecule has 0 radical (unpaired) electrons. The van der Waals surface area contributed by atoms with Gasteiger partial charge in [-0.1, -0.05) is 13.8 Å². The normalized spacial score (nSPS) is 13.4. The third-order valence-electron chi connectivity index (χ3n) is 4.93. The van der Waals surface area contributed by atoms with Crippen LogP contribution >= 0.6 is 0 Å². The summed E-state index contributed by atoms with van der Waals surface area (Å²) >= 11 is 0. The fourth-order valence-electron chi connectivity index (χ4n) is 3.60. The van der Waals surface area contributed by atoms with Crippen LogP contribution in [0.5, 0.6) is 0 Å². The number of carbonyl (C=O) groups is 1. The SMILES string of the molecule is CC(C)COC(=O)N1CCc2c1ccc(-c1cn(C)c3ncnc(N)c13)c2F. The van der Waals surface area contributed by atoms with Crippen LogP contribution in [-0.2, 0) is 18.2 Å². The highest BCUT2D eigenvalue weighted by Crippen LogP contribution is 2.39. The zero-order valence-electron chi connectivity index (χ0n) is 16.1. The third kappa shape index (κ3) is 2.85. The summed E-state index contributed by atoms with van der Waals surface area (Å²) in [5, 5.41) is 0.620. The predicted molar refractivity (Wildman–Crippen MR) is 106 cm³/mol. The number of nitrogen functional groups attached to an aromatic ring is 1. The molecule has 8 heteroatoms. The van der Waals surface area contributed by atoms with E-state index in [0.717, 1.165) is 0 Å². The first kappa shape index (κ1) is 18.2. The van der Waals surface area contributed by atoms with Gasteiger partial charge < -0.3 is 15.0 Å². The lowest BCUT2D eigenvalue weighted by molar-refractivity contribution is 0.140. The Bertz CT molecular complexity index is 1080. The zero-order valence-corrected chi connectivity index (χ0v) is 16.1. The van der Waals surface area contributed by atoms with Crippen molar-refractivity contribution in [2.45, 2.75) is 20.3 Å². The lowest BCUT2D eigenvalue weighted by Gasteiger charge is -2.18. The Morgan fingerprint density at radius 2 is 2.11 bits per heavy atom. The number of fused-ring (bicyclic) bond motifs is 2. The van der Waals surface area contributed by atoms with E-state index < -0.39 is 6.09 Å². The quantitative estimate of drug-likeness (QED) is 0.748. The molecule has 0 fully saturated rings. The molecule has 0 saturated heterocycles. The number of carbonyl (C=O) groups excluding carboxylic acids is 1. The lowest BCUT2D eigenvalue weighted by atomic mass is 10.0. The number of ether oxygens (including phenoxy) is 1. The maximum absolute atomic E-state index is 15.4. The van der Waals surface area contributed by atoms with Gasteiger partial charge in [-0.25, -0.2) is 19.2 Å². The molecule has 3 heterocycles. The van der Waals surface area contributed by atoms with Gasteiger partial charge in [0.05, 0.1) is 17.7 Å². The fourth-order valence-corrected chi connectivity index (χ4v) is 3.60. The van der Waals surface area contributed by atoms with Crippen LogP contribution in [0, 0.1) is 11.7 Å². The van der Waals surface area contributed by atoms with E-state index in [-0.39, 0.29) is 11.7 Å². The molecule has 3 aromatic rings. The van der Waals surface area contributed by atoms with Crippen LogP contribution < -0.4 is 10.6 Å². The number of amides is 1. The van der Waals surface area contributed by atoms with Gasteiger partial charge in [0.15, 0.2) is 0 Å². The van der Waals surface area contributed by atoms with Gasteiger partial charge in [-0.05, 0) is 24.5 Å². The molecular formula is C20H22FN5O2. The van der Waals surface area contributed by atoms with Crippen molar-refractivity contribution < 1.29 is 13.9 Å². The molecule has 1 aliphatic rings. The third-order valence-corrected chi connectivity index (χ3v) is 4.93. The minimum Gasteiger partial charge on any atom is -0.449 e. The van der Waals surface area contributed by atoms with E-state index >= 15 is 4.39 Å². The molecule has 2 N–H and O–H groups in total. The number of rotatable bonds is 3. The Kier molecular flexibility index (Phi) is 4.41. The molecule has 0 aliphatic carbocycles. The van der Waals surface area contributed by atoms with E-state index in [2.05, 4.69) is 9.97 Å². The highest BCUT2D eigenvalue weighted by molar-refractivity contribution is 6.01. The van der Waals surface area contributed by atoms with Gasteiger partial charge in [0.25, 0.3) is 0 Å². The molecule has 1 aliphatic heterocycles. The summed E-state index contributed by atoms with van der Waals surface area (Å²) in [5.41, 5.74) is 8.79. The minimum atomic E-state index is -0.442. The molecule has 1 amide bonds. The summed E-state index contributed by atoms with van der Waals surface area (Å²) in [5.74, 6) is 0.191. The number of benzene rings is 1. The highest BCUT2D eigenvalue weighted by Gasteiger charge is 2.30. The van der Waals surface area contributed by atoms with Crippen molar-refractivity contribution >= 4 is 28.6 Å². The summed E-state index contributed by atoms with van der Waals surface area (Å²) in [7, 11) is 1.83. The number of anilines is 2. The molecule has 0 saturated carbocycles. The topological polar surface area (TPSA) is 86.3 Å². The van der Waals surface area contributed by atoms with Crippen LogP contribution in [0.2, 0.25) is 0 Å². The van der Waals surface area contributed by atoms with E-state index in [1.165, 1.54) is 11.2 Å². The Morgan fingerprint density at radius 3 is 2.86 bits per heavy atom. The Morgan fingerprint density at radius 1 is 1.32 bits per heavy atom. The van der Waals surface area contributed by atoms with Gasteiger partial charge in [-0.15, -0.1) is 0 Å². The van der Waals surface area contributed by atoms with Crippen molar-refractivity contribution in [3.05, 3.63) is 36.0 Å². The number of halogens is 1. The maximum Gasteiger partial charge on any atom is 0.414 e. The number of aromatic nitrogens is 3. The van der Waals surface area contributed by atoms with Crippen molar-refractivity contribution in [2.75, 3.05) is 23.8 Å². The highest BCUT2D eigenvalue weighted by atomic mass is 19.1. The summed E-state index contributed by atoms with van der Waals surface area (Å²) in [6, 6.07) is 3.43. The van der Waals surface area contributed by atoms with Crippen LogP contribution in [0.3, 0.4) is 0 Å².